The Morgan fingerprint density at radius 3 is 2.80 bits per heavy atom. The molecule has 0 aliphatic rings. The van der Waals surface area contributed by atoms with Gasteiger partial charge in [0.15, 0.2) is 0 Å². The summed E-state index contributed by atoms with van der Waals surface area (Å²) in [6, 6.07) is 5.20. The number of amides is 1. The molecular weight excluding hydrogens is 346 g/mol. The molecule has 1 amide bonds. The van der Waals surface area contributed by atoms with E-state index < -0.39 is 0 Å². The molecule has 1 rings (SSSR count). The highest BCUT2D eigenvalue weighted by atomic mass is 79.9. The SMILES string of the molecule is CCN(CC(C)/C(N)=N/O)C(=O)c1cccc(Br)c1Cl. The number of benzene rings is 1. The largest absolute Gasteiger partial charge is 0.409 e. The molecule has 0 aliphatic carbocycles. The molecule has 1 aromatic carbocycles. The van der Waals surface area contributed by atoms with Crippen molar-refractivity contribution in [2.75, 3.05) is 13.1 Å². The zero-order valence-electron chi connectivity index (χ0n) is 11.3. The molecule has 0 aromatic heterocycles. The number of nitrogens with zero attached hydrogens (tertiary/aromatic N) is 2. The minimum absolute atomic E-state index is 0.0941. The number of hydrogen-bond donors (Lipinski definition) is 2. The molecular formula is C13H17BrClN3O2. The van der Waals surface area contributed by atoms with Crippen LogP contribution in [-0.4, -0.2) is 34.9 Å². The molecule has 0 heterocycles. The van der Waals surface area contributed by atoms with Crippen molar-refractivity contribution in [1.29, 1.82) is 0 Å². The second kappa shape index (κ2) is 7.50. The van der Waals surface area contributed by atoms with E-state index in [4.69, 9.17) is 22.5 Å². The Morgan fingerprint density at radius 2 is 2.25 bits per heavy atom. The van der Waals surface area contributed by atoms with Crippen LogP contribution < -0.4 is 5.73 Å². The van der Waals surface area contributed by atoms with Crippen LogP contribution >= 0.6 is 27.5 Å². The molecule has 0 aliphatic heterocycles. The summed E-state index contributed by atoms with van der Waals surface area (Å²) in [7, 11) is 0. The van der Waals surface area contributed by atoms with E-state index in [-0.39, 0.29) is 17.7 Å². The highest BCUT2D eigenvalue weighted by Crippen LogP contribution is 2.27. The van der Waals surface area contributed by atoms with Crippen molar-refractivity contribution < 1.29 is 10.0 Å². The number of amidine groups is 1. The van der Waals surface area contributed by atoms with Gasteiger partial charge in [0, 0.05) is 23.5 Å². The van der Waals surface area contributed by atoms with E-state index in [0.29, 0.717) is 28.1 Å². The van der Waals surface area contributed by atoms with E-state index in [9.17, 15) is 4.79 Å². The minimum Gasteiger partial charge on any atom is -0.409 e. The molecule has 0 spiro atoms. The van der Waals surface area contributed by atoms with Gasteiger partial charge in [-0.15, -0.1) is 0 Å². The summed E-state index contributed by atoms with van der Waals surface area (Å²) in [5.41, 5.74) is 5.97. The third-order valence-electron chi connectivity index (χ3n) is 2.97. The fraction of sp³-hybridized carbons (Fsp3) is 0.385. The predicted molar refractivity (Wildman–Crippen MR) is 83.3 cm³/mol. The van der Waals surface area contributed by atoms with Crippen molar-refractivity contribution >= 4 is 39.3 Å². The summed E-state index contributed by atoms with van der Waals surface area (Å²) in [5, 5.41) is 12.0. The van der Waals surface area contributed by atoms with Crippen LogP contribution in [0.15, 0.2) is 27.8 Å². The number of carbonyl (C=O) groups is 1. The summed E-state index contributed by atoms with van der Waals surface area (Å²) >= 11 is 9.43. The number of rotatable bonds is 5. The summed E-state index contributed by atoms with van der Waals surface area (Å²) in [6.45, 7) is 4.51. The van der Waals surface area contributed by atoms with Gasteiger partial charge in [-0.3, -0.25) is 4.79 Å². The lowest BCUT2D eigenvalue weighted by molar-refractivity contribution is 0.0754. The standard InChI is InChI=1S/C13H17BrClN3O2/c1-3-18(7-8(2)12(16)17-20)13(19)9-5-4-6-10(14)11(9)15/h4-6,8,20H,3,7H2,1-2H3,(H2,16,17). The molecule has 7 heteroatoms. The molecule has 0 fully saturated rings. The fourth-order valence-corrected chi connectivity index (χ4v) is 2.29. The van der Waals surface area contributed by atoms with Crippen LogP contribution in [0, 0.1) is 5.92 Å². The molecule has 0 bridgehead atoms. The van der Waals surface area contributed by atoms with E-state index in [1.807, 2.05) is 6.92 Å². The Morgan fingerprint density at radius 1 is 1.60 bits per heavy atom. The highest BCUT2D eigenvalue weighted by molar-refractivity contribution is 9.10. The van der Waals surface area contributed by atoms with Gasteiger partial charge in [-0.25, -0.2) is 0 Å². The number of oxime groups is 1. The van der Waals surface area contributed by atoms with Crippen LogP contribution in [-0.2, 0) is 0 Å². The van der Waals surface area contributed by atoms with E-state index >= 15 is 0 Å². The van der Waals surface area contributed by atoms with Gasteiger partial charge in [0.05, 0.1) is 10.6 Å². The highest BCUT2D eigenvalue weighted by Gasteiger charge is 2.21. The summed E-state index contributed by atoms with van der Waals surface area (Å²) in [5.74, 6) is -0.331. The van der Waals surface area contributed by atoms with Gasteiger partial charge in [-0.05, 0) is 35.0 Å². The normalized spacial score (nSPS) is 13.1. The lowest BCUT2D eigenvalue weighted by atomic mass is 10.1. The van der Waals surface area contributed by atoms with E-state index in [0.717, 1.165) is 0 Å². The van der Waals surface area contributed by atoms with Crippen LogP contribution in [0.5, 0.6) is 0 Å². The second-order valence-electron chi connectivity index (χ2n) is 4.37. The second-order valence-corrected chi connectivity index (χ2v) is 5.60. The van der Waals surface area contributed by atoms with Crippen molar-refractivity contribution in [2.45, 2.75) is 13.8 Å². The quantitative estimate of drug-likeness (QED) is 0.366. The zero-order valence-corrected chi connectivity index (χ0v) is 13.6. The molecule has 110 valence electrons. The van der Waals surface area contributed by atoms with Gasteiger partial charge >= 0.3 is 0 Å². The summed E-state index contributed by atoms with van der Waals surface area (Å²) < 4.78 is 0.672. The number of carbonyl (C=O) groups excluding carboxylic acids is 1. The first-order valence-corrected chi connectivity index (χ1v) is 7.30. The van der Waals surface area contributed by atoms with Crippen LogP contribution in [0.4, 0.5) is 0 Å². The maximum atomic E-state index is 12.5. The van der Waals surface area contributed by atoms with E-state index in [1.54, 1.807) is 30.0 Å². The Hall–Kier alpha value is -1.27. The smallest absolute Gasteiger partial charge is 0.255 e. The molecule has 0 saturated heterocycles. The zero-order chi connectivity index (χ0) is 15.3. The van der Waals surface area contributed by atoms with Crippen LogP contribution in [0.1, 0.15) is 24.2 Å². The topological polar surface area (TPSA) is 78.9 Å². The summed E-state index contributed by atoms with van der Waals surface area (Å²) in [6.07, 6.45) is 0. The van der Waals surface area contributed by atoms with Gasteiger partial charge in [0.25, 0.3) is 5.91 Å². The van der Waals surface area contributed by atoms with Crippen molar-refractivity contribution in [3.05, 3.63) is 33.3 Å². The molecule has 0 saturated carbocycles. The lowest BCUT2D eigenvalue weighted by Crippen LogP contribution is -2.38. The predicted octanol–water partition coefficient (Wildman–Crippen LogP) is 2.95. The number of halogens is 2. The Labute approximate surface area is 131 Å². The molecule has 1 atom stereocenters. The van der Waals surface area contributed by atoms with Gasteiger partial charge in [0.2, 0.25) is 0 Å². The first-order chi connectivity index (χ1) is 9.42. The average Bonchev–Trinajstić information content (AvgIpc) is 2.45. The third-order valence-corrected chi connectivity index (χ3v) is 4.26. The van der Waals surface area contributed by atoms with E-state index in [1.165, 1.54) is 0 Å². The molecule has 5 nitrogen and oxygen atoms in total. The maximum absolute atomic E-state index is 12.5. The van der Waals surface area contributed by atoms with Crippen molar-refractivity contribution in [3.63, 3.8) is 0 Å². The molecule has 3 N–H and O–H groups in total. The molecule has 1 unspecified atom stereocenters. The first kappa shape index (κ1) is 16.8. The van der Waals surface area contributed by atoms with Gasteiger partial charge in [-0.1, -0.05) is 29.7 Å². The van der Waals surface area contributed by atoms with Crippen molar-refractivity contribution in [1.82, 2.24) is 4.90 Å². The average molecular weight is 363 g/mol. The van der Waals surface area contributed by atoms with Crippen molar-refractivity contribution in [3.8, 4) is 0 Å². The lowest BCUT2D eigenvalue weighted by Gasteiger charge is -2.24. The Bertz CT molecular complexity index is 522. The van der Waals surface area contributed by atoms with Crippen LogP contribution in [0.3, 0.4) is 0 Å². The van der Waals surface area contributed by atoms with Crippen LogP contribution in [0.2, 0.25) is 5.02 Å². The van der Waals surface area contributed by atoms with Crippen molar-refractivity contribution in [2.24, 2.45) is 16.8 Å². The van der Waals surface area contributed by atoms with Gasteiger partial charge in [0.1, 0.15) is 5.84 Å². The monoisotopic (exact) mass is 361 g/mol. The molecule has 0 radical (unpaired) electrons. The fourth-order valence-electron chi connectivity index (χ4n) is 1.72. The first-order valence-electron chi connectivity index (χ1n) is 6.13. The van der Waals surface area contributed by atoms with Gasteiger partial charge in [-0.2, -0.15) is 0 Å². The summed E-state index contributed by atoms with van der Waals surface area (Å²) in [4.78, 5) is 14.1. The minimum atomic E-state index is -0.241. The maximum Gasteiger partial charge on any atom is 0.255 e. The van der Waals surface area contributed by atoms with Gasteiger partial charge < -0.3 is 15.8 Å². The number of hydrogen-bond acceptors (Lipinski definition) is 3. The Kier molecular flexibility index (Phi) is 6.29. The van der Waals surface area contributed by atoms with Crippen LogP contribution in [0.25, 0.3) is 0 Å². The third kappa shape index (κ3) is 3.86. The Balaban J connectivity index is 2.95. The van der Waals surface area contributed by atoms with E-state index in [2.05, 4.69) is 21.1 Å². The molecule has 1 aromatic rings. The number of nitrogens with two attached hydrogens (primary N) is 1. The molecule has 20 heavy (non-hydrogen) atoms.